The SMILES string of the molecule is COc1cc([N+](=O)[O-])ccc1NC(=O)Cn1cc(Cl)cn1. The fourth-order valence-corrected chi connectivity index (χ4v) is 1.81. The van der Waals surface area contributed by atoms with Gasteiger partial charge in [0.1, 0.15) is 12.3 Å². The van der Waals surface area contributed by atoms with Crippen molar-refractivity contribution in [3.05, 3.63) is 45.7 Å². The van der Waals surface area contributed by atoms with E-state index in [4.69, 9.17) is 16.3 Å². The zero-order valence-corrected chi connectivity index (χ0v) is 11.7. The number of non-ortho nitro benzene ring substituents is 1. The largest absolute Gasteiger partial charge is 0.494 e. The number of amides is 1. The van der Waals surface area contributed by atoms with Crippen LogP contribution in [0.3, 0.4) is 0 Å². The van der Waals surface area contributed by atoms with Crippen LogP contribution in [0, 0.1) is 10.1 Å². The summed E-state index contributed by atoms with van der Waals surface area (Å²) < 4.78 is 6.40. The number of rotatable bonds is 5. The minimum Gasteiger partial charge on any atom is -0.494 e. The molecule has 0 saturated heterocycles. The van der Waals surface area contributed by atoms with E-state index in [0.29, 0.717) is 10.7 Å². The monoisotopic (exact) mass is 310 g/mol. The molecule has 0 bridgehead atoms. The van der Waals surface area contributed by atoms with Gasteiger partial charge in [-0.05, 0) is 6.07 Å². The first kappa shape index (κ1) is 14.8. The summed E-state index contributed by atoms with van der Waals surface area (Å²) in [6.45, 7) is -0.0349. The Kier molecular flexibility index (Phi) is 4.39. The Bertz CT molecular complexity index is 686. The zero-order chi connectivity index (χ0) is 15.4. The highest BCUT2D eigenvalue weighted by Gasteiger charge is 2.13. The summed E-state index contributed by atoms with van der Waals surface area (Å²) in [7, 11) is 1.36. The number of ether oxygens (including phenoxy) is 1. The molecule has 0 spiro atoms. The molecular weight excluding hydrogens is 300 g/mol. The van der Waals surface area contributed by atoms with Crippen molar-refractivity contribution in [1.82, 2.24) is 9.78 Å². The first-order valence-corrected chi connectivity index (χ1v) is 6.17. The third kappa shape index (κ3) is 3.69. The average molecular weight is 311 g/mol. The second kappa shape index (κ2) is 6.23. The number of nitro groups is 1. The topological polar surface area (TPSA) is 99.3 Å². The number of hydrogen-bond donors (Lipinski definition) is 1. The standard InChI is InChI=1S/C12H11ClN4O4/c1-21-11-4-9(17(19)20)2-3-10(11)15-12(18)7-16-6-8(13)5-14-16/h2-6H,7H2,1H3,(H,15,18). The highest BCUT2D eigenvalue weighted by molar-refractivity contribution is 6.30. The van der Waals surface area contributed by atoms with E-state index in [9.17, 15) is 14.9 Å². The lowest BCUT2D eigenvalue weighted by atomic mass is 10.2. The molecule has 1 heterocycles. The fraction of sp³-hybridized carbons (Fsp3) is 0.167. The van der Waals surface area contributed by atoms with Crippen molar-refractivity contribution in [1.29, 1.82) is 0 Å². The van der Waals surface area contributed by atoms with Gasteiger partial charge in [0.05, 0.1) is 35.0 Å². The quantitative estimate of drug-likeness (QED) is 0.673. The van der Waals surface area contributed by atoms with Crippen LogP contribution in [-0.2, 0) is 11.3 Å². The van der Waals surface area contributed by atoms with Gasteiger partial charge < -0.3 is 10.1 Å². The first-order valence-electron chi connectivity index (χ1n) is 5.80. The van der Waals surface area contributed by atoms with Crippen LogP contribution in [-0.4, -0.2) is 27.7 Å². The molecule has 2 rings (SSSR count). The maximum Gasteiger partial charge on any atom is 0.273 e. The molecule has 0 unspecified atom stereocenters. The maximum absolute atomic E-state index is 11.9. The molecule has 0 aliphatic heterocycles. The van der Waals surface area contributed by atoms with Crippen LogP contribution in [0.4, 0.5) is 11.4 Å². The summed E-state index contributed by atoms with van der Waals surface area (Å²) >= 11 is 5.70. The molecule has 1 N–H and O–H groups in total. The van der Waals surface area contributed by atoms with Crippen molar-refractivity contribution >= 4 is 28.9 Å². The number of carbonyl (C=O) groups excluding carboxylic acids is 1. The lowest BCUT2D eigenvalue weighted by Gasteiger charge is -2.09. The van der Waals surface area contributed by atoms with Gasteiger partial charge >= 0.3 is 0 Å². The van der Waals surface area contributed by atoms with Crippen LogP contribution in [0.15, 0.2) is 30.6 Å². The van der Waals surface area contributed by atoms with Crippen LogP contribution in [0.5, 0.6) is 5.75 Å². The average Bonchev–Trinajstić information content (AvgIpc) is 2.84. The number of aromatic nitrogens is 2. The molecule has 0 saturated carbocycles. The molecule has 0 atom stereocenters. The fourth-order valence-electron chi connectivity index (χ4n) is 1.66. The minimum atomic E-state index is -0.542. The Morgan fingerprint density at radius 2 is 2.33 bits per heavy atom. The summed E-state index contributed by atoms with van der Waals surface area (Å²) in [5.41, 5.74) is 0.218. The van der Waals surface area contributed by atoms with E-state index in [0.717, 1.165) is 0 Å². The number of methoxy groups -OCH3 is 1. The highest BCUT2D eigenvalue weighted by Crippen LogP contribution is 2.28. The molecular formula is C12H11ClN4O4. The van der Waals surface area contributed by atoms with E-state index in [-0.39, 0.29) is 23.9 Å². The van der Waals surface area contributed by atoms with Crippen molar-refractivity contribution in [2.45, 2.75) is 6.54 Å². The lowest BCUT2D eigenvalue weighted by molar-refractivity contribution is -0.384. The Balaban J connectivity index is 2.11. The van der Waals surface area contributed by atoms with E-state index in [1.807, 2.05) is 0 Å². The summed E-state index contributed by atoms with van der Waals surface area (Å²) in [6.07, 6.45) is 2.93. The molecule has 1 aromatic carbocycles. The number of halogens is 1. The number of nitro benzene ring substituents is 1. The Labute approximate surface area is 124 Å². The van der Waals surface area contributed by atoms with Gasteiger partial charge in [0.2, 0.25) is 5.91 Å². The van der Waals surface area contributed by atoms with Crippen molar-refractivity contribution in [3.8, 4) is 5.75 Å². The number of anilines is 1. The molecule has 21 heavy (non-hydrogen) atoms. The predicted octanol–water partition coefficient (Wildman–Crippen LogP) is 2.09. The lowest BCUT2D eigenvalue weighted by Crippen LogP contribution is -2.19. The molecule has 0 aliphatic carbocycles. The van der Waals surface area contributed by atoms with Gasteiger partial charge in [0, 0.05) is 12.3 Å². The van der Waals surface area contributed by atoms with Gasteiger partial charge in [0.25, 0.3) is 5.69 Å². The predicted molar refractivity (Wildman–Crippen MR) is 75.5 cm³/mol. The Morgan fingerprint density at radius 1 is 1.57 bits per heavy atom. The van der Waals surface area contributed by atoms with E-state index in [1.54, 1.807) is 0 Å². The molecule has 2 aromatic rings. The normalized spacial score (nSPS) is 10.2. The zero-order valence-electron chi connectivity index (χ0n) is 10.9. The molecule has 9 heteroatoms. The summed E-state index contributed by atoms with van der Waals surface area (Å²) in [6, 6.07) is 3.92. The van der Waals surface area contributed by atoms with Crippen LogP contribution in [0.1, 0.15) is 0 Å². The summed E-state index contributed by atoms with van der Waals surface area (Å²) in [4.78, 5) is 22.0. The first-order chi connectivity index (χ1) is 9.99. The number of nitrogens with zero attached hydrogens (tertiary/aromatic N) is 3. The van der Waals surface area contributed by atoms with Gasteiger partial charge in [-0.25, -0.2) is 0 Å². The third-order valence-electron chi connectivity index (χ3n) is 2.58. The molecule has 110 valence electrons. The molecule has 8 nitrogen and oxygen atoms in total. The molecule has 1 amide bonds. The number of benzene rings is 1. The second-order valence-electron chi connectivity index (χ2n) is 4.05. The Hall–Kier alpha value is -2.61. The van der Waals surface area contributed by atoms with Crippen LogP contribution < -0.4 is 10.1 Å². The molecule has 0 radical (unpaired) electrons. The highest BCUT2D eigenvalue weighted by atomic mass is 35.5. The number of hydrogen-bond acceptors (Lipinski definition) is 5. The molecule has 1 aromatic heterocycles. The van der Waals surface area contributed by atoms with Crippen molar-refractivity contribution in [2.24, 2.45) is 0 Å². The van der Waals surface area contributed by atoms with Crippen molar-refractivity contribution in [3.63, 3.8) is 0 Å². The Morgan fingerprint density at radius 3 is 2.90 bits per heavy atom. The van der Waals surface area contributed by atoms with E-state index < -0.39 is 4.92 Å². The minimum absolute atomic E-state index is 0.0349. The molecule has 0 aliphatic rings. The number of carbonyl (C=O) groups is 1. The van der Waals surface area contributed by atoms with E-state index in [2.05, 4.69) is 10.4 Å². The molecule has 0 fully saturated rings. The van der Waals surface area contributed by atoms with Gasteiger partial charge in [-0.15, -0.1) is 0 Å². The third-order valence-corrected chi connectivity index (χ3v) is 2.77. The van der Waals surface area contributed by atoms with Gasteiger partial charge in [-0.3, -0.25) is 19.6 Å². The van der Waals surface area contributed by atoms with Gasteiger partial charge in [-0.1, -0.05) is 11.6 Å². The summed E-state index contributed by atoms with van der Waals surface area (Å²) in [5, 5.41) is 17.6. The van der Waals surface area contributed by atoms with Crippen molar-refractivity contribution < 1.29 is 14.5 Å². The summed E-state index contributed by atoms with van der Waals surface area (Å²) in [5.74, 6) is -0.155. The van der Waals surface area contributed by atoms with Gasteiger partial charge in [-0.2, -0.15) is 5.10 Å². The van der Waals surface area contributed by atoms with E-state index in [1.165, 1.54) is 42.4 Å². The maximum atomic E-state index is 11.9. The second-order valence-corrected chi connectivity index (χ2v) is 4.48. The van der Waals surface area contributed by atoms with Crippen molar-refractivity contribution in [2.75, 3.05) is 12.4 Å². The van der Waals surface area contributed by atoms with Crippen LogP contribution in [0.25, 0.3) is 0 Å². The van der Waals surface area contributed by atoms with Gasteiger partial charge in [0.15, 0.2) is 0 Å². The van der Waals surface area contributed by atoms with Crippen LogP contribution >= 0.6 is 11.6 Å². The van der Waals surface area contributed by atoms with Crippen LogP contribution in [0.2, 0.25) is 5.02 Å². The van der Waals surface area contributed by atoms with E-state index >= 15 is 0 Å². The smallest absolute Gasteiger partial charge is 0.273 e. The number of nitrogens with one attached hydrogen (secondary N) is 1.